The second-order valence-corrected chi connectivity index (χ2v) is 5.53. The molecule has 0 spiro atoms. The first-order chi connectivity index (χ1) is 9.20. The minimum absolute atomic E-state index is 0.00366. The molecule has 0 aliphatic heterocycles. The summed E-state index contributed by atoms with van der Waals surface area (Å²) in [6, 6.07) is -1.04. The van der Waals surface area contributed by atoms with Crippen LogP contribution in [0.4, 0.5) is 0 Å². The van der Waals surface area contributed by atoms with E-state index in [4.69, 9.17) is 0 Å². The number of ketones is 1. The van der Waals surface area contributed by atoms with E-state index in [1.165, 1.54) is 14.0 Å². The molecule has 0 saturated heterocycles. The van der Waals surface area contributed by atoms with Gasteiger partial charge in [0.2, 0.25) is 5.91 Å². The Kier molecular flexibility index (Phi) is 8.06. The summed E-state index contributed by atoms with van der Waals surface area (Å²) in [7, 11) is 1.31. The Morgan fingerprint density at radius 1 is 1.00 bits per heavy atom. The van der Waals surface area contributed by atoms with Gasteiger partial charge in [0.15, 0.2) is 5.78 Å². The zero-order valence-corrected chi connectivity index (χ0v) is 13.1. The number of ether oxygens (including phenoxy) is 1. The summed E-state index contributed by atoms with van der Waals surface area (Å²) in [6.45, 7) is 8.87. The third kappa shape index (κ3) is 6.14. The van der Waals surface area contributed by atoms with Crippen LogP contribution in [0.5, 0.6) is 0 Å². The number of methoxy groups -OCH3 is 1. The van der Waals surface area contributed by atoms with E-state index in [-0.39, 0.29) is 30.1 Å². The van der Waals surface area contributed by atoms with Crippen molar-refractivity contribution in [2.45, 2.75) is 46.7 Å². The molecule has 0 aliphatic rings. The molecule has 2 unspecified atom stereocenters. The van der Waals surface area contributed by atoms with E-state index in [0.29, 0.717) is 0 Å². The Labute approximate surface area is 120 Å². The Hall–Kier alpha value is -1.43. The van der Waals surface area contributed by atoms with Crippen LogP contribution in [-0.2, 0) is 19.1 Å². The Morgan fingerprint density at radius 3 is 1.85 bits per heavy atom. The van der Waals surface area contributed by atoms with E-state index in [1.807, 2.05) is 27.7 Å². The summed E-state index contributed by atoms with van der Waals surface area (Å²) in [4.78, 5) is 34.8. The number of esters is 1. The highest BCUT2D eigenvalue weighted by atomic mass is 16.5. The van der Waals surface area contributed by atoms with Crippen molar-refractivity contribution in [3.05, 3.63) is 0 Å². The van der Waals surface area contributed by atoms with Gasteiger partial charge < -0.3 is 10.1 Å². The molecular weight excluding hydrogens is 260 g/mol. The molecule has 6 nitrogen and oxygen atoms in total. The molecule has 1 amide bonds. The Morgan fingerprint density at radius 2 is 1.50 bits per heavy atom. The molecule has 0 saturated carbocycles. The predicted octanol–water partition coefficient (Wildman–Crippen LogP) is 0.503. The zero-order chi connectivity index (χ0) is 15.9. The number of hydrogen-bond acceptors (Lipinski definition) is 5. The lowest BCUT2D eigenvalue weighted by molar-refractivity contribution is -0.144. The SMILES string of the molecule is COC(=O)C(NCC(=O)NC(C(C)=O)C(C)C)C(C)C. The molecule has 6 heteroatoms. The summed E-state index contributed by atoms with van der Waals surface area (Å²) >= 11 is 0. The first-order valence-electron chi connectivity index (χ1n) is 6.81. The summed E-state index contributed by atoms with van der Waals surface area (Å²) < 4.78 is 4.68. The van der Waals surface area contributed by atoms with Gasteiger partial charge in [0.05, 0.1) is 19.7 Å². The van der Waals surface area contributed by atoms with E-state index in [1.54, 1.807) is 0 Å². The average Bonchev–Trinajstić information content (AvgIpc) is 2.34. The topological polar surface area (TPSA) is 84.5 Å². The number of carbonyl (C=O) groups excluding carboxylic acids is 3. The normalized spacial score (nSPS) is 14.0. The van der Waals surface area contributed by atoms with Crippen molar-refractivity contribution >= 4 is 17.7 Å². The van der Waals surface area contributed by atoms with Crippen LogP contribution in [0.25, 0.3) is 0 Å². The number of Topliss-reactive ketones (excluding diaryl/α,β-unsaturated/α-hetero) is 1. The van der Waals surface area contributed by atoms with Crippen LogP contribution >= 0.6 is 0 Å². The quantitative estimate of drug-likeness (QED) is 0.635. The van der Waals surface area contributed by atoms with Crippen molar-refractivity contribution in [2.75, 3.05) is 13.7 Å². The minimum atomic E-state index is -0.541. The molecule has 0 aromatic rings. The monoisotopic (exact) mass is 286 g/mol. The van der Waals surface area contributed by atoms with E-state index < -0.39 is 18.1 Å². The highest BCUT2D eigenvalue weighted by Crippen LogP contribution is 2.04. The lowest BCUT2D eigenvalue weighted by atomic mass is 10.0. The average molecular weight is 286 g/mol. The molecule has 0 aromatic carbocycles. The molecule has 0 aliphatic carbocycles. The molecule has 20 heavy (non-hydrogen) atoms. The maximum absolute atomic E-state index is 11.8. The zero-order valence-electron chi connectivity index (χ0n) is 13.1. The minimum Gasteiger partial charge on any atom is -0.468 e. The van der Waals surface area contributed by atoms with Gasteiger partial charge in [-0.2, -0.15) is 0 Å². The maximum Gasteiger partial charge on any atom is 0.323 e. The fourth-order valence-corrected chi connectivity index (χ4v) is 1.88. The van der Waals surface area contributed by atoms with Crippen molar-refractivity contribution < 1.29 is 19.1 Å². The largest absolute Gasteiger partial charge is 0.468 e. The van der Waals surface area contributed by atoms with Crippen LogP contribution in [0, 0.1) is 11.8 Å². The van der Waals surface area contributed by atoms with Gasteiger partial charge in [0.1, 0.15) is 6.04 Å². The van der Waals surface area contributed by atoms with Gasteiger partial charge >= 0.3 is 5.97 Å². The predicted molar refractivity (Wildman–Crippen MR) is 76.1 cm³/mol. The highest BCUT2D eigenvalue weighted by molar-refractivity contribution is 5.88. The molecule has 0 rings (SSSR count). The van der Waals surface area contributed by atoms with Crippen molar-refractivity contribution in [1.29, 1.82) is 0 Å². The molecule has 0 radical (unpaired) electrons. The van der Waals surface area contributed by atoms with Gasteiger partial charge in [0.25, 0.3) is 0 Å². The van der Waals surface area contributed by atoms with Crippen molar-refractivity contribution in [2.24, 2.45) is 11.8 Å². The summed E-state index contributed by atoms with van der Waals surface area (Å²) in [6.07, 6.45) is 0. The van der Waals surface area contributed by atoms with Crippen LogP contribution < -0.4 is 10.6 Å². The first-order valence-corrected chi connectivity index (χ1v) is 6.81. The second kappa shape index (κ2) is 8.68. The van der Waals surface area contributed by atoms with Crippen LogP contribution in [-0.4, -0.2) is 43.4 Å². The van der Waals surface area contributed by atoms with Crippen molar-refractivity contribution in [1.82, 2.24) is 10.6 Å². The van der Waals surface area contributed by atoms with Crippen molar-refractivity contribution in [3.8, 4) is 0 Å². The van der Waals surface area contributed by atoms with E-state index in [9.17, 15) is 14.4 Å². The number of nitrogens with one attached hydrogen (secondary N) is 2. The van der Waals surface area contributed by atoms with E-state index in [2.05, 4.69) is 15.4 Å². The molecule has 2 atom stereocenters. The lowest BCUT2D eigenvalue weighted by Gasteiger charge is -2.22. The van der Waals surface area contributed by atoms with Gasteiger partial charge in [0, 0.05) is 0 Å². The molecule has 2 N–H and O–H groups in total. The number of carbonyl (C=O) groups is 3. The molecule has 0 bridgehead atoms. The second-order valence-electron chi connectivity index (χ2n) is 5.53. The van der Waals surface area contributed by atoms with Gasteiger partial charge in [-0.3, -0.25) is 19.7 Å². The van der Waals surface area contributed by atoms with Gasteiger partial charge in [-0.25, -0.2) is 0 Å². The van der Waals surface area contributed by atoms with Gasteiger partial charge in [-0.15, -0.1) is 0 Å². The summed E-state index contributed by atoms with van der Waals surface area (Å²) in [5.74, 6) is -0.767. The molecule has 0 fully saturated rings. The summed E-state index contributed by atoms with van der Waals surface area (Å²) in [5.41, 5.74) is 0. The standard InChI is InChI=1S/C14H26N2O4/c1-8(2)12(10(5)17)16-11(18)7-15-13(9(3)4)14(19)20-6/h8-9,12-13,15H,7H2,1-6H3,(H,16,18). The fraction of sp³-hybridized carbons (Fsp3) is 0.786. The number of rotatable bonds is 8. The first kappa shape index (κ1) is 18.6. The Balaban J connectivity index is 4.46. The van der Waals surface area contributed by atoms with Crippen molar-refractivity contribution in [3.63, 3.8) is 0 Å². The number of hydrogen-bond donors (Lipinski definition) is 2. The molecule has 116 valence electrons. The molecule has 0 heterocycles. The Bertz CT molecular complexity index is 353. The van der Waals surface area contributed by atoms with Crippen LogP contribution in [0.15, 0.2) is 0 Å². The third-order valence-corrected chi connectivity index (χ3v) is 3.03. The maximum atomic E-state index is 11.8. The number of amides is 1. The van der Waals surface area contributed by atoms with Gasteiger partial charge in [-0.1, -0.05) is 27.7 Å². The summed E-state index contributed by atoms with van der Waals surface area (Å²) in [5, 5.41) is 5.52. The van der Waals surface area contributed by atoms with Crippen LogP contribution in [0.3, 0.4) is 0 Å². The molecule has 0 aromatic heterocycles. The van der Waals surface area contributed by atoms with E-state index in [0.717, 1.165) is 0 Å². The highest BCUT2D eigenvalue weighted by Gasteiger charge is 2.25. The fourth-order valence-electron chi connectivity index (χ4n) is 1.88. The third-order valence-electron chi connectivity index (χ3n) is 3.03. The molecular formula is C14H26N2O4. The smallest absolute Gasteiger partial charge is 0.323 e. The van der Waals surface area contributed by atoms with Gasteiger partial charge in [-0.05, 0) is 18.8 Å². The van der Waals surface area contributed by atoms with Crippen LogP contribution in [0.2, 0.25) is 0 Å². The van der Waals surface area contributed by atoms with Crippen LogP contribution in [0.1, 0.15) is 34.6 Å². The lowest BCUT2D eigenvalue weighted by Crippen LogP contribution is -2.50. The van der Waals surface area contributed by atoms with E-state index >= 15 is 0 Å².